The van der Waals surface area contributed by atoms with Gasteiger partial charge in [-0.25, -0.2) is 0 Å². The molecule has 4 aliphatic heterocycles. The Morgan fingerprint density at radius 1 is 0.690 bits per heavy atom. The Balaban J connectivity index is 0.894. The van der Waals surface area contributed by atoms with Crippen molar-refractivity contribution in [2.24, 2.45) is 9.98 Å². The van der Waals surface area contributed by atoms with E-state index in [4.69, 9.17) is 33.7 Å². The zero-order valence-corrected chi connectivity index (χ0v) is 33.7. The van der Waals surface area contributed by atoms with Crippen LogP contribution in [0.4, 0.5) is 17.1 Å². The van der Waals surface area contributed by atoms with E-state index in [1.165, 1.54) is 14.2 Å². The zero-order valence-electron chi connectivity index (χ0n) is 32.1. The molecule has 0 fully saturated rings. The minimum absolute atomic E-state index is 0.131. The van der Waals surface area contributed by atoms with Crippen molar-refractivity contribution in [1.82, 2.24) is 9.80 Å². The molecule has 4 heterocycles. The molecule has 0 saturated heterocycles. The van der Waals surface area contributed by atoms with Crippen molar-refractivity contribution in [3.05, 3.63) is 107 Å². The van der Waals surface area contributed by atoms with Crippen molar-refractivity contribution in [2.75, 3.05) is 45.2 Å². The van der Waals surface area contributed by atoms with Gasteiger partial charge in [0.1, 0.15) is 5.75 Å². The molecule has 58 heavy (non-hydrogen) atoms. The van der Waals surface area contributed by atoms with Gasteiger partial charge in [-0.15, -0.1) is 0 Å². The first-order valence-electron chi connectivity index (χ1n) is 18.7. The molecule has 0 aromatic heterocycles. The Hall–Kier alpha value is -6.41. The van der Waals surface area contributed by atoms with Gasteiger partial charge >= 0.3 is 0 Å². The van der Waals surface area contributed by atoms with E-state index in [1.54, 1.807) is 53.6 Å². The van der Waals surface area contributed by atoms with E-state index >= 15 is 0 Å². The van der Waals surface area contributed by atoms with Gasteiger partial charge in [-0.05, 0) is 58.7 Å². The average Bonchev–Trinajstić information content (AvgIpc) is 3.83. The summed E-state index contributed by atoms with van der Waals surface area (Å²) < 4.78 is 28.8. The molecule has 2 atom stereocenters. The first-order chi connectivity index (χ1) is 28.3. The molecule has 4 aromatic carbocycles. The van der Waals surface area contributed by atoms with Crippen LogP contribution in [0.1, 0.15) is 51.1 Å². The monoisotopic (exact) mass is 845 g/mol. The Morgan fingerprint density at radius 3 is 1.62 bits per heavy atom. The van der Waals surface area contributed by atoms with Gasteiger partial charge in [-0.3, -0.25) is 24.4 Å². The number of benzene rings is 4. The van der Waals surface area contributed by atoms with Crippen molar-refractivity contribution in [1.29, 1.82) is 0 Å². The van der Waals surface area contributed by atoms with E-state index < -0.39 is 0 Å². The van der Waals surface area contributed by atoms with Gasteiger partial charge in [0.15, 0.2) is 23.0 Å². The number of alkyl halides is 1. The van der Waals surface area contributed by atoms with Crippen molar-refractivity contribution >= 4 is 74.3 Å². The largest absolute Gasteiger partial charge is 0.497 e. The molecule has 14 heteroatoms. The van der Waals surface area contributed by atoms with Crippen molar-refractivity contribution in [2.45, 2.75) is 31.3 Å². The number of methoxy groups -OCH3 is 3. The fourth-order valence-electron chi connectivity index (χ4n) is 7.33. The van der Waals surface area contributed by atoms with Crippen LogP contribution in [0, 0.1) is 0 Å². The summed E-state index contributed by atoms with van der Waals surface area (Å²) in [6, 6.07) is 21.7. The normalized spacial score (nSPS) is 17.6. The lowest BCUT2D eigenvalue weighted by molar-refractivity contribution is -0.113. The summed E-state index contributed by atoms with van der Waals surface area (Å²) in [4.78, 5) is 52.1. The summed E-state index contributed by atoms with van der Waals surface area (Å²) in [7, 11) is 4.70. The van der Waals surface area contributed by atoms with Crippen LogP contribution in [-0.2, 0) is 4.79 Å². The number of hydrogen-bond donors (Lipinski definition) is 1. The highest BCUT2D eigenvalue weighted by Gasteiger charge is 2.35. The lowest BCUT2D eigenvalue weighted by atomic mass is 10.0. The molecule has 2 unspecified atom stereocenters. The predicted octanol–water partition coefficient (Wildman–Crippen LogP) is 7.84. The lowest BCUT2D eigenvalue weighted by Gasteiger charge is -2.19. The maximum atomic E-state index is 13.8. The minimum atomic E-state index is -0.254. The SMILES string of the molecule is COc1ccc(C2=CN3C(=O)c4cc(OC)c(OCCCOc5cc6c(cc5OC)C(=O)N5C=C(c7ccc(NC(=O)CBr)cc7)CC5C=N6)cc4N=CC3C2)cc1. The number of carbonyl (C=O) groups is 3. The Bertz CT molecular complexity index is 2390. The molecule has 0 spiro atoms. The Kier molecular flexibility index (Phi) is 11.0. The first-order valence-corrected chi connectivity index (χ1v) is 19.8. The summed E-state index contributed by atoms with van der Waals surface area (Å²) in [5, 5.41) is 3.03. The van der Waals surface area contributed by atoms with Crippen molar-refractivity contribution < 1.29 is 38.1 Å². The molecule has 0 bridgehead atoms. The highest BCUT2D eigenvalue weighted by Crippen LogP contribution is 2.42. The molecule has 13 nitrogen and oxygen atoms in total. The van der Waals surface area contributed by atoms with Crippen molar-refractivity contribution in [3.8, 4) is 28.7 Å². The van der Waals surface area contributed by atoms with E-state index in [0.717, 1.165) is 28.0 Å². The number of hydrogen-bond acceptors (Lipinski definition) is 10. The molecule has 4 aliphatic rings. The number of aliphatic imine (C=N–C) groups is 2. The van der Waals surface area contributed by atoms with Crippen LogP contribution in [0.2, 0.25) is 0 Å². The zero-order chi connectivity index (χ0) is 40.3. The van der Waals surface area contributed by atoms with Gasteiger partial charge in [0, 0.05) is 61.9 Å². The summed E-state index contributed by atoms with van der Waals surface area (Å²) in [5.74, 6) is 2.04. The van der Waals surface area contributed by atoms with Crippen LogP contribution in [0.25, 0.3) is 11.1 Å². The van der Waals surface area contributed by atoms with Gasteiger partial charge in [0.05, 0.1) is 74.5 Å². The maximum Gasteiger partial charge on any atom is 0.260 e. The van der Waals surface area contributed by atoms with Crippen LogP contribution in [0.5, 0.6) is 28.7 Å². The standard InChI is InChI=1S/C44H40BrN5O8/c1-54-33-11-7-27(8-12-33)29-16-32-23-47-37-20-41(39(56-3)18-35(37)44(53)50(32)25-29)58-14-4-13-57-40-19-36-34(17-38(40)55-2)43(52)49-24-28(15-31(49)22-46-36)26-5-9-30(10-6-26)48-42(51)21-45/h5-12,17-20,22-25,31-32H,4,13-16,21H2,1-3H3,(H,48,51). The third-order valence-electron chi connectivity index (χ3n) is 10.4. The van der Waals surface area contributed by atoms with Gasteiger partial charge < -0.3 is 38.8 Å². The van der Waals surface area contributed by atoms with Crippen LogP contribution in [0.3, 0.4) is 0 Å². The number of anilines is 1. The molecule has 3 amide bonds. The van der Waals surface area contributed by atoms with Crippen LogP contribution in [-0.4, -0.2) is 91.9 Å². The first kappa shape index (κ1) is 38.5. The number of amides is 3. The van der Waals surface area contributed by atoms with Gasteiger partial charge in [0.2, 0.25) is 5.91 Å². The van der Waals surface area contributed by atoms with E-state index in [9.17, 15) is 14.4 Å². The molecule has 4 aromatic rings. The summed E-state index contributed by atoms with van der Waals surface area (Å²) in [5.41, 5.74) is 6.54. The average molecular weight is 847 g/mol. The molecular formula is C44H40BrN5O8. The smallest absolute Gasteiger partial charge is 0.260 e. The van der Waals surface area contributed by atoms with Crippen molar-refractivity contribution in [3.63, 3.8) is 0 Å². The number of nitrogens with one attached hydrogen (secondary N) is 1. The highest BCUT2D eigenvalue weighted by atomic mass is 79.9. The molecule has 0 saturated carbocycles. The summed E-state index contributed by atoms with van der Waals surface area (Å²) >= 11 is 3.16. The number of fused-ring (bicyclic) bond motifs is 4. The van der Waals surface area contributed by atoms with Crippen LogP contribution < -0.4 is 29.0 Å². The fourth-order valence-corrected chi connectivity index (χ4v) is 7.47. The summed E-state index contributed by atoms with van der Waals surface area (Å²) in [6.07, 6.45) is 9.09. The number of halogens is 1. The molecule has 1 N–H and O–H groups in total. The quantitative estimate of drug-likeness (QED) is 0.106. The molecule has 8 rings (SSSR count). The molecule has 0 aliphatic carbocycles. The Morgan fingerprint density at radius 2 is 1.17 bits per heavy atom. The Labute approximate surface area is 343 Å². The number of rotatable bonds is 13. The maximum absolute atomic E-state index is 13.8. The van der Waals surface area contributed by atoms with Gasteiger partial charge in [-0.1, -0.05) is 40.2 Å². The van der Waals surface area contributed by atoms with Gasteiger partial charge in [-0.2, -0.15) is 0 Å². The molecule has 296 valence electrons. The van der Waals surface area contributed by atoms with Crippen LogP contribution >= 0.6 is 15.9 Å². The fraction of sp³-hybridized carbons (Fsp3) is 0.250. The van der Waals surface area contributed by atoms with E-state index in [-0.39, 0.29) is 41.7 Å². The summed E-state index contributed by atoms with van der Waals surface area (Å²) in [6.45, 7) is 0.578. The third kappa shape index (κ3) is 7.67. The third-order valence-corrected chi connectivity index (χ3v) is 10.9. The lowest BCUT2D eigenvalue weighted by Crippen LogP contribution is -2.32. The minimum Gasteiger partial charge on any atom is -0.497 e. The second-order valence-corrected chi connectivity index (χ2v) is 14.5. The number of nitrogens with zero attached hydrogens (tertiary/aromatic N) is 4. The highest BCUT2D eigenvalue weighted by molar-refractivity contribution is 9.09. The van der Waals surface area contributed by atoms with Gasteiger partial charge in [0.25, 0.3) is 11.8 Å². The topological polar surface area (TPSA) is 141 Å². The van der Waals surface area contributed by atoms with E-state index in [2.05, 4.69) is 21.2 Å². The second-order valence-electron chi connectivity index (χ2n) is 13.9. The van der Waals surface area contributed by atoms with E-state index in [1.807, 2.05) is 60.9 Å². The van der Waals surface area contributed by atoms with Crippen LogP contribution in [0.15, 0.2) is 95.2 Å². The number of ether oxygens (including phenoxy) is 5. The molecular weight excluding hydrogens is 806 g/mol. The molecule has 0 radical (unpaired) electrons. The second kappa shape index (κ2) is 16.6. The van der Waals surface area contributed by atoms with E-state index in [0.29, 0.717) is 77.1 Å². The number of carbonyl (C=O) groups excluding carboxylic acids is 3. The predicted molar refractivity (Wildman–Crippen MR) is 225 cm³/mol.